The Bertz CT molecular complexity index is 305. The third kappa shape index (κ3) is 3.26. The normalized spacial score (nSPS) is 10.2. The Morgan fingerprint density at radius 1 is 1.17 bits per heavy atom. The molecule has 1 heterocycles. The molecule has 3 nitrogen and oxygen atoms in total. The molecule has 0 aliphatic carbocycles. The second-order valence-electron chi connectivity index (χ2n) is 3.46. The molecule has 1 rings (SSSR count). The highest BCUT2D eigenvalue weighted by Crippen LogP contribution is 1.96. The molecule has 12 heavy (non-hydrogen) atoms. The van der Waals surface area contributed by atoms with Gasteiger partial charge in [-0.2, -0.15) is 0 Å². The van der Waals surface area contributed by atoms with Crippen LogP contribution in [0.25, 0.3) is 0 Å². The lowest BCUT2D eigenvalue weighted by atomic mass is 10.6. The summed E-state index contributed by atoms with van der Waals surface area (Å²) in [6.07, 6.45) is 2.92. The minimum absolute atomic E-state index is 0.562. The molecular weight excluding hydrogens is 166 g/mol. The van der Waals surface area contributed by atoms with Crippen LogP contribution >= 0.6 is 0 Å². The summed E-state index contributed by atoms with van der Waals surface area (Å²) in [6, 6.07) is 0. The molecule has 0 aromatic carbocycles. The molecule has 0 amide bonds. The van der Waals surface area contributed by atoms with Gasteiger partial charge in [-0.05, 0) is 5.92 Å². The van der Waals surface area contributed by atoms with Gasteiger partial charge < -0.3 is 0 Å². The van der Waals surface area contributed by atoms with Crippen LogP contribution < -0.4 is 0 Å². The first-order chi connectivity index (χ1) is 5.58. The molecule has 0 unspecified atom stereocenters. The van der Waals surface area contributed by atoms with Crippen molar-refractivity contribution >= 4 is 8.07 Å². The van der Waals surface area contributed by atoms with Crippen LogP contribution in [0, 0.1) is 11.5 Å². The zero-order valence-corrected chi connectivity index (χ0v) is 8.50. The Hall–Kier alpha value is -1.21. The third-order valence-corrected chi connectivity index (χ3v) is 1.92. The van der Waals surface area contributed by atoms with Crippen LogP contribution in [0.1, 0.15) is 5.82 Å². The maximum Gasteiger partial charge on any atom is 0.207 e. The van der Waals surface area contributed by atoms with E-state index in [4.69, 9.17) is 0 Å². The van der Waals surface area contributed by atoms with Crippen molar-refractivity contribution in [3.8, 4) is 11.5 Å². The van der Waals surface area contributed by atoms with Gasteiger partial charge in [-0.15, -0.1) is 5.54 Å². The fourth-order valence-electron chi connectivity index (χ4n) is 0.547. The van der Waals surface area contributed by atoms with Gasteiger partial charge in [0.25, 0.3) is 0 Å². The number of hydrogen-bond acceptors (Lipinski definition) is 3. The minimum atomic E-state index is -1.30. The second kappa shape index (κ2) is 3.46. The second-order valence-corrected chi connectivity index (χ2v) is 8.21. The number of aromatic nitrogens is 3. The van der Waals surface area contributed by atoms with Gasteiger partial charge in [-0.1, -0.05) is 19.6 Å². The fraction of sp³-hybridized carbons (Fsp3) is 0.375. The highest BCUT2D eigenvalue weighted by Gasteiger charge is 2.07. The van der Waals surface area contributed by atoms with Gasteiger partial charge in [0, 0.05) is 0 Å². The van der Waals surface area contributed by atoms with E-state index < -0.39 is 8.07 Å². The fourth-order valence-corrected chi connectivity index (χ4v) is 1.03. The van der Waals surface area contributed by atoms with Crippen molar-refractivity contribution in [3.05, 3.63) is 18.5 Å². The van der Waals surface area contributed by atoms with Crippen molar-refractivity contribution in [2.75, 3.05) is 0 Å². The first-order valence-electron chi connectivity index (χ1n) is 3.73. The Kier molecular flexibility index (Phi) is 2.56. The van der Waals surface area contributed by atoms with Crippen LogP contribution in [-0.2, 0) is 0 Å². The van der Waals surface area contributed by atoms with Gasteiger partial charge >= 0.3 is 0 Å². The minimum Gasteiger partial charge on any atom is -0.225 e. The monoisotopic (exact) mass is 177 g/mol. The third-order valence-electron chi connectivity index (χ3n) is 1.04. The lowest BCUT2D eigenvalue weighted by molar-refractivity contribution is 1.02. The van der Waals surface area contributed by atoms with Crippen molar-refractivity contribution in [2.24, 2.45) is 0 Å². The maximum atomic E-state index is 3.91. The Labute approximate surface area is 73.3 Å². The van der Waals surface area contributed by atoms with Gasteiger partial charge in [-0.3, -0.25) is 0 Å². The van der Waals surface area contributed by atoms with Gasteiger partial charge in [0.05, 0.1) is 0 Å². The molecule has 0 saturated heterocycles. The quantitative estimate of drug-likeness (QED) is 0.440. The van der Waals surface area contributed by atoms with E-state index in [-0.39, 0.29) is 0 Å². The Balaban J connectivity index is 2.81. The average molecular weight is 177 g/mol. The van der Waals surface area contributed by atoms with E-state index in [2.05, 4.69) is 46.1 Å². The molecule has 0 bridgehead atoms. The van der Waals surface area contributed by atoms with E-state index in [1.807, 2.05) is 0 Å². The molecule has 0 atom stereocenters. The molecule has 1 aromatic rings. The largest absolute Gasteiger partial charge is 0.225 e. The van der Waals surface area contributed by atoms with Crippen molar-refractivity contribution in [1.29, 1.82) is 0 Å². The summed E-state index contributed by atoms with van der Waals surface area (Å²) in [5.41, 5.74) is 3.17. The summed E-state index contributed by atoms with van der Waals surface area (Å²) in [5.74, 6) is 3.50. The summed E-state index contributed by atoms with van der Waals surface area (Å²) in [7, 11) is -1.30. The van der Waals surface area contributed by atoms with E-state index in [0.29, 0.717) is 5.82 Å². The lowest BCUT2D eigenvalue weighted by Gasteiger charge is -2.02. The predicted molar refractivity (Wildman–Crippen MR) is 50.1 cm³/mol. The molecule has 4 heteroatoms. The number of nitrogens with zero attached hydrogens (tertiary/aromatic N) is 3. The lowest BCUT2D eigenvalue weighted by Crippen LogP contribution is -2.16. The zero-order valence-electron chi connectivity index (χ0n) is 7.50. The Morgan fingerprint density at radius 2 is 1.75 bits per heavy atom. The molecule has 0 aliphatic heterocycles. The van der Waals surface area contributed by atoms with E-state index in [9.17, 15) is 0 Å². The molecule has 0 saturated carbocycles. The van der Waals surface area contributed by atoms with Crippen LogP contribution in [0.3, 0.4) is 0 Å². The summed E-state index contributed by atoms with van der Waals surface area (Å²) < 4.78 is 0. The van der Waals surface area contributed by atoms with E-state index >= 15 is 0 Å². The molecule has 0 fully saturated rings. The summed E-state index contributed by atoms with van der Waals surface area (Å²) >= 11 is 0. The maximum absolute atomic E-state index is 3.91. The summed E-state index contributed by atoms with van der Waals surface area (Å²) in [4.78, 5) is 11.5. The van der Waals surface area contributed by atoms with Crippen LogP contribution in [0.15, 0.2) is 12.7 Å². The summed E-state index contributed by atoms with van der Waals surface area (Å²) in [5, 5.41) is 0. The predicted octanol–water partition coefficient (Wildman–Crippen LogP) is 1.10. The molecule has 0 radical (unpaired) electrons. The van der Waals surface area contributed by atoms with Crippen molar-refractivity contribution in [1.82, 2.24) is 15.0 Å². The van der Waals surface area contributed by atoms with Crippen LogP contribution in [0.4, 0.5) is 0 Å². The van der Waals surface area contributed by atoms with Gasteiger partial charge in [0.2, 0.25) is 5.82 Å². The van der Waals surface area contributed by atoms with Gasteiger partial charge in [-0.25, -0.2) is 15.0 Å². The molecule has 0 N–H and O–H groups in total. The SMILES string of the molecule is C[Si](C)(C)C#Cc1ncncn1. The van der Waals surface area contributed by atoms with Crippen molar-refractivity contribution in [3.63, 3.8) is 0 Å². The first-order valence-corrected chi connectivity index (χ1v) is 7.23. The van der Waals surface area contributed by atoms with Crippen LogP contribution in [-0.4, -0.2) is 23.0 Å². The van der Waals surface area contributed by atoms with Crippen LogP contribution in [0.5, 0.6) is 0 Å². The Morgan fingerprint density at radius 3 is 2.25 bits per heavy atom. The molecule has 1 aromatic heterocycles. The highest BCUT2D eigenvalue weighted by atomic mass is 28.3. The molecule has 62 valence electrons. The van der Waals surface area contributed by atoms with E-state index in [0.717, 1.165) is 0 Å². The smallest absolute Gasteiger partial charge is 0.207 e. The zero-order chi connectivity index (χ0) is 9.03. The molecule has 0 aliphatic rings. The van der Waals surface area contributed by atoms with Crippen molar-refractivity contribution in [2.45, 2.75) is 19.6 Å². The summed E-state index contributed by atoms with van der Waals surface area (Å²) in [6.45, 7) is 6.55. The highest BCUT2D eigenvalue weighted by molar-refractivity contribution is 6.83. The average Bonchev–Trinajstić information content (AvgIpc) is 2.02. The first kappa shape index (κ1) is 8.88. The number of hydrogen-bond donors (Lipinski definition) is 0. The van der Waals surface area contributed by atoms with Gasteiger partial charge in [0.1, 0.15) is 20.7 Å². The van der Waals surface area contributed by atoms with Crippen molar-refractivity contribution < 1.29 is 0 Å². The number of rotatable bonds is 0. The van der Waals surface area contributed by atoms with E-state index in [1.54, 1.807) is 0 Å². The van der Waals surface area contributed by atoms with Gasteiger partial charge in [0.15, 0.2) is 0 Å². The van der Waals surface area contributed by atoms with E-state index in [1.165, 1.54) is 12.7 Å². The molecule has 0 spiro atoms. The molecular formula is C8H11N3Si. The standard InChI is InChI=1S/C8H11N3Si/c1-12(2,3)5-4-8-10-6-9-7-11-8/h6-7H,1-3H3. The van der Waals surface area contributed by atoms with Crippen LogP contribution in [0.2, 0.25) is 19.6 Å². The topological polar surface area (TPSA) is 38.7 Å².